The smallest absolute Gasteiger partial charge is 0.0269 e. The van der Waals surface area contributed by atoms with Gasteiger partial charge >= 0.3 is 0 Å². The van der Waals surface area contributed by atoms with Gasteiger partial charge in [0.25, 0.3) is 0 Å². The van der Waals surface area contributed by atoms with Crippen LogP contribution in [-0.4, -0.2) is 24.5 Å². The van der Waals surface area contributed by atoms with Gasteiger partial charge in [-0.15, -0.1) is 25.6 Å². The van der Waals surface area contributed by atoms with E-state index in [1.165, 1.54) is 0 Å². The lowest BCUT2D eigenvalue weighted by Gasteiger charge is -2.38. The SMILES string of the molecule is C=CCC(CC)(CC=C)N(C)C.Cl. The summed E-state index contributed by atoms with van der Waals surface area (Å²) in [6.45, 7) is 9.81. The van der Waals surface area contributed by atoms with E-state index >= 15 is 0 Å². The molecule has 0 amide bonds. The zero-order valence-electron chi connectivity index (χ0n) is 9.05. The molecule has 0 aromatic carbocycles. The Hall–Kier alpha value is -0.270. The molecule has 0 saturated carbocycles. The van der Waals surface area contributed by atoms with Crippen LogP contribution in [0.4, 0.5) is 0 Å². The first-order valence-corrected chi connectivity index (χ1v) is 4.52. The molecule has 78 valence electrons. The molecule has 0 bridgehead atoms. The highest BCUT2D eigenvalue weighted by Gasteiger charge is 2.27. The van der Waals surface area contributed by atoms with Gasteiger partial charge in [-0.2, -0.15) is 0 Å². The van der Waals surface area contributed by atoms with Gasteiger partial charge in [0.2, 0.25) is 0 Å². The number of nitrogens with zero attached hydrogens (tertiary/aromatic N) is 1. The molecule has 0 aliphatic carbocycles. The van der Waals surface area contributed by atoms with Gasteiger partial charge in [0.1, 0.15) is 0 Å². The second-order valence-electron chi connectivity index (χ2n) is 3.46. The molecule has 1 nitrogen and oxygen atoms in total. The van der Waals surface area contributed by atoms with Gasteiger partial charge in [0.05, 0.1) is 0 Å². The molecule has 13 heavy (non-hydrogen) atoms. The lowest BCUT2D eigenvalue weighted by atomic mass is 9.87. The van der Waals surface area contributed by atoms with Gasteiger partial charge in [-0.25, -0.2) is 0 Å². The summed E-state index contributed by atoms with van der Waals surface area (Å²) in [5.74, 6) is 0. The van der Waals surface area contributed by atoms with Crippen molar-refractivity contribution in [3.05, 3.63) is 25.3 Å². The molecule has 0 radical (unpaired) electrons. The van der Waals surface area contributed by atoms with E-state index in [2.05, 4.69) is 39.1 Å². The highest BCUT2D eigenvalue weighted by atomic mass is 35.5. The average molecular weight is 204 g/mol. The third kappa shape index (κ3) is 3.97. The van der Waals surface area contributed by atoms with Gasteiger partial charge in [-0.3, -0.25) is 0 Å². The maximum atomic E-state index is 3.80. The van der Waals surface area contributed by atoms with E-state index in [1.54, 1.807) is 0 Å². The van der Waals surface area contributed by atoms with Gasteiger partial charge in [0.15, 0.2) is 0 Å². The highest BCUT2D eigenvalue weighted by Crippen LogP contribution is 2.26. The lowest BCUT2D eigenvalue weighted by molar-refractivity contribution is 0.150. The van der Waals surface area contributed by atoms with Crippen LogP contribution in [0.15, 0.2) is 25.3 Å². The molecule has 0 aliphatic rings. The molecular weight excluding hydrogens is 182 g/mol. The molecule has 0 aliphatic heterocycles. The summed E-state index contributed by atoms with van der Waals surface area (Å²) in [5.41, 5.74) is 0.240. The summed E-state index contributed by atoms with van der Waals surface area (Å²) in [5, 5.41) is 0. The zero-order valence-corrected chi connectivity index (χ0v) is 9.86. The Bertz CT molecular complexity index is 142. The van der Waals surface area contributed by atoms with Crippen LogP contribution in [0, 0.1) is 0 Å². The minimum absolute atomic E-state index is 0. The molecule has 2 heteroatoms. The first-order valence-electron chi connectivity index (χ1n) is 4.52. The highest BCUT2D eigenvalue weighted by molar-refractivity contribution is 5.85. The van der Waals surface area contributed by atoms with Gasteiger partial charge in [-0.05, 0) is 33.4 Å². The Balaban J connectivity index is 0. The molecule has 0 saturated heterocycles. The van der Waals surface area contributed by atoms with E-state index in [1.807, 2.05) is 12.2 Å². The predicted octanol–water partition coefficient (Wildman–Crippen LogP) is 3.27. The van der Waals surface area contributed by atoms with Crippen molar-refractivity contribution >= 4 is 12.4 Å². The number of rotatable bonds is 6. The van der Waals surface area contributed by atoms with Crippen molar-refractivity contribution in [2.45, 2.75) is 31.7 Å². The van der Waals surface area contributed by atoms with Crippen molar-refractivity contribution in [2.75, 3.05) is 14.1 Å². The Morgan fingerprint density at radius 1 is 1.15 bits per heavy atom. The van der Waals surface area contributed by atoms with E-state index in [0.29, 0.717) is 0 Å². The quantitative estimate of drug-likeness (QED) is 0.599. The average Bonchev–Trinajstić information content (AvgIpc) is 2.03. The van der Waals surface area contributed by atoms with E-state index in [-0.39, 0.29) is 17.9 Å². The number of hydrogen-bond donors (Lipinski definition) is 0. The topological polar surface area (TPSA) is 3.24 Å². The largest absolute Gasteiger partial charge is 0.303 e. The molecule has 0 aromatic heterocycles. The van der Waals surface area contributed by atoms with Crippen LogP contribution in [0.25, 0.3) is 0 Å². The van der Waals surface area contributed by atoms with Crippen molar-refractivity contribution in [3.63, 3.8) is 0 Å². The first-order chi connectivity index (χ1) is 5.63. The van der Waals surface area contributed by atoms with Gasteiger partial charge in [-0.1, -0.05) is 19.1 Å². The first kappa shape index (κ1) is 15.2. The van der Waals surface area contributed by atoms with Crippen LogP contribution in [0.2, 0.25) is 0 Å². The summed E-state index contributed by atoms with van der Waals surface area (Å²) in [7, 11) is 4.24. The zero-order chi connectivity index (χ0) is 9.61. The molecule has 0 atom stereocenters. The Morgan fingerprint density at radius 2 is 1.54 bits per heavy atom. The molecule has 0 rings (SSSR count). The van der Waals surface area contributed by atoms with Crippen molar-refractivity contribution in [1.82, 2.24) is 4.90 Å². The Labute approximate surface area is 88.9 Å². The van der Waals surface area contributed by atoms with Crippen molar-refractivity contribution < 1.29 is 0 Å². The maximum absolute atomic E-state index is 3.80. The summed E-state index contributed by atoms with van der Waals surface area (Å²) in [6, 6.07) is 0. The summed E-state index contributed by atoms with van der Waals surface area (Å²) in [6.07, 6.45) is 7.18. The normalized spacial score (nSPS) is 10.8. The van der Waals surface area contributed by atoms with E-state index in [4.69, 9.17) is 0 Å². The number of halogens is 1. The standard InChI is InChI=1S/C11H21N.ClH/c1-6-9-11(8-3,10-7-2)12(4)5;/h6-7H,1-2,8-10H2,3-5H3;1H. The molecule has 0 aromatic rings. The number of hydrogen-bond acceptors (Lipinski definition) is 1. The molecule has 0 spiro atoms. The minimum Gasteiger partial charge on any atom is -0.303 e. The van der Waals surface area contributed by atoms with Crippen LogP contribution in [0.5, 0.6) is 0 Å². The molecule has 0 unspecified atom stereocenters. The Kier molecular flexibility index (Phi) is 8.38. The fourth-order valence-electron chi connectivity index (χ4n) is 1.59. The molecular formula is C11H22ClN. The van der Waals surface area contributed by atoms with Crippen molar-refractivity contribution in [1.29, 1.82) is 0 Å². The molecule has 0 heterocycles. The van der Waals surface area contributed by atoms with E-state index in [9.17, 15) is 0 Å². The van der Waals surface area contributed by atoms with Crippen molar-refractivity contribution in [3.8, 4) is 0 Å². The second kappa shape index (κ2) is 7.16. The lowest BCUT2D eigenvalue weighted by Crippen LogP contribution is -2.42. The van der Waals surface area contributed by atoms with Crippen LogP contribution < -0.4 is 0 Å². The molecule has 0 fully saturated rings. The summed E-state index contributed by atoms with van der Waals surface area (Å²) >= 11 is 0. The van der Waals surface area contributed by atoms with Crippen LogP contribution in [-0.2, 0) is 0 Å². The van der Waals surface area contributed by atoms with E-state index < -0.39 is 0 Å². The van der Waals surface area contributed by atoms with Gasteiger partial charge in [0, 0.05) is 5.54 Å². The monoisotopic (exact) mass is 203 g/mol. The van der Waals surface area contributed by atoms with Crippen LogP contribution in [0.3, 0.4) is 0 Å². The molecule has 0 N–H and O–H groups in total. The summed E-state index contributed by atoms with van der Waals surface area (Å²) < 4.78 is 0. The van der Waals surface area contributed by atoms with E-state index in [0.717, 1.165) is 19.3 Å². The fraction of sp³-hybridized carbons (Fsp3) is 0.636. The Morgan fingerprint density at radius 3 is 1.69 bits per heavy atom. The summed E-state index contributed by atoms with van der Waals surface area (Å²) in [4.78, 5) is 2.27. The minimum atomic E-state index is 0. The second-order valence-corrected chi connectivity index (χ2v) is 3.46. The predicted molar refractivity (Wildman–Crippen MR) is 63.6 cm³/mol. The van der Waals surface area contributed by atoms with Gasteiger partial charge < -0.3 is 4.90 Å². The van der Waals surface area contributed by atoms with Crippen molar-refractivity contribution in [2.24, 2.45) is 0 Å². The van der Waals surface area contributed by atoms with Crippen LogP contribution in [0.1, 0.15) is 26.2 Å². The maximum Gasteiger partial charge on any atom is 0.0269 e. The third-order valence-corrected chi connectivity index (χ3v) is 2.66. The fourth-order valence-corrected chi connectivity index (χ4v) is 1.59. The van der Waals surface area contributed by atoms with Crippen LogP contribution >= 0.6 is 12.4 Å². The third-order valence-electron chi connectivity index (χ3n) is 2.66.